The fourth-order valence-electron chi connectivity index (χ4n) is 4.06. The van der Waals surface area contributed by atoms with E-state index in [0.717, 1.165) is 17.7 Å². The molecule has 0 radical (unpaired) electrons. The quantitative estimate of drug-likeness (QED) is 0.326. The van der Waals surface area contributed by atoms with Gasteiger partial charge in [-0.25, -0.2) is 0 Å². The van der Waals surface area contributed by atoms with E-state index in [4.69, 9.17) is 4.74 Å². The Bertz CT molecular complexity index is 1130. The van der Waals surface area contributed by atoms with Gasteiger partial charge in [0.05, 0.1) is 23.2 Å². The van der Waals surface area contributed by atoms with Crippen LogP contribution in [0.4, 0.5) is 0 Å². The first-order chi connectivity index (χ1) is 15.6. The molecule has 0 aromatic heterocycles. The molecule has 1 saturated heterocycles. The van der Waals surface area contributed by atoms with Gasteiger partial charge in [-0.3, -0.25) is 9.59 Å². The fraction of sp³-hybridized carbons (Fsp3) is 0.360. The molecule has 1 fully saturated rings. The van der Waals surface area contributed by atoms with Crippen molar-refractivity contribution in [3.05, 3.63) is 62.6 Å². The molecule has 3 rings (SSSR count). The van der Waals surface area contributed by atoms with E-state index in [1.165, 1.54) is 12.0 Å². The highest BCUT2D eigenvalue weighted by atomic mass is 79.9. The molecule has 1 heterocycles. The summed E-state index contributed by atoms with van der Waals surface area (Å²) in [6, 6.07) is 8.00. The maximum absolute atomic E-state index is 13.2. The summed E-state index contributed by atoms with van der Waals surface area (Å²) in [5.74, 6) is -1.48. The molecule has 7 nitrogen and oxygen atoms in total. The summed E-state index contributed by atoms with van der Waals surface area (Å²) in [4.78, 5) is 29.8. The summed E-state index contributed by atoms with van der Waals surface area (Å²) in [6.07, 6.45) is 0.649. The predicted octanol–water partition coefficient (Wildman–Crippen LogP) is 4.15. The highest BCUT2D eigenvalue weighted by molar-refractivity contribution is 9.10. The van der Waals surface area contributed by atoms with E-state index in [2.05, 4.69) is 15.9 Å². The highest BCUT2D eigenvalue weighted by Gasteiger charge is 2.46. The molecule has 0 aliphatic carbocycles. The molecule has 1 atom stereocenters. The van der Waals surface area contributed by atoms with Gasteiger partial charge in [-0.1, -0.05) is 17.7 Å². The number of likely N-dealkylation sites (tertiary alicyclic amines) is 1. The number of nitrogens with zero attached hydrogens (tertiary/aromatic N) is 2. The van der Waals surface area contributed by atoms with E-state index in [9.17, 15) is 19.8 Å². The first kappa shape index (κ1) is 24.8. The minimum absolute atomic E-state index is 0.0261. The lowest BCUT2D eigenvalue weighted by atomic mass is 9.93. The topological polar surface area (TPSA) is 90.3 Å². The predicted molar refractivity (Wildman–Crippen MR) is 130 cm³/mol. The maximum atomic E-state index is 13.2. The number of hydrogen-bond donors (Lipinski definition) is 2. The first-order valence-electron chi connectivity index (χ1n) is 10.6. The van der Waals surface area contributed by atoms with Crippen LogP contribution in [0.3, 0.4) is 0 Å². The lowest BCUT2D eigenvalue weighted by Crippen LogP contribution is -2.32. The second-order valence-electron chi connectivity index (χ2n) is 8.52. The van der Waals surface area contributed by atoms with Gasteiger partial charge in [0.2, 0.25) is 0 Å². The number of aliphatic hydroxyl groups excluding tert-OH is 1. The molecule has 8 heteroatoms. The summed E-state index contributed by atoms with van der Waals surface area (Å²) in [5.41, 5.74) is 2.80. The van der Waals surface area contributed by atoms with Crippen molar-refractivity contribution >= 4 is 33.4 Å². The normalized spacial score (nSPS) is 17.8. The van der Waals surface area contributed by atoms with Crippen LogP contribution in [0.1, 0.15) is 34.7 Å². The maximum Gasteiger partial charge on any atom is 0.295 e. The average Bonchev–Trinajstić information content (AvgIpc) is 3.01. The largest absolute Gasteiger partial charge is 0.507 e. The van der Waals surface area contributed by atoms with Gasteiger partial charge in [0.25, 0.3) is 11.7 Å². The van der Waals surface area contributed by atoms with E-state index < -0.39 is 17.7 Å². The van der Waals surface area contributed by atoms with E-state index >= 15 is 0 Å². The summed E-state index contributed by atoms with van der Waals surface area (Å²) in [6.45, 7) is 4.80. The lowest BCUT2D eigenvalue weighted by molar-refractivity contribution is -0.139. The number of phenolic OH excluding ortho intramolecular Hbond substituents is 1. The summed E-state index contributed by atoms with van der Waals surface area (Å²) in [5, 5.41) is 21.6. The number of Topliss-reactive ketones (excluding diaryl/α,β-unsaturated/α-hetero) is 1. The third-order valence-electron chi connectivity index (χ3n) is 5.78. The number of aromatic hydroxyl groups is 1. The Labute approximate surface area is 202 Å². The number of carbonyl (C=O) groups is 2. The van der Waals surface area contributed by atoms with Crippen molar-refractivity contribution in [3.63, 3.8) is 0 Å². The highest BCUT2D eigenvalue weighted by Crippen LogP contribution is 2.44. The lowest BCUT2D eigenvalue weighted by Gasteiger charge is -2.26. The zero-order chi connectivity index (χ0) is 24.4. The molecule has 2 aromatic rings. The molecular weight excluding hydrogens is 488 g/mol. The van der Waals surface area contributed by atoms with Gasteiger partial charge in [0.15, 0.2) is 11.5 Å². The van der Waals surface area contributed by atoms with Crippen molar-refractivity contribution < 1.29 is 24.5 Å². The van der Waals surface area contributed by atoms with Gasteiger partial charge >= 0.3 is 0 Å². The number of ether oxygens (including phenoxy) is 1. The number of rotatable bonds is 7. The van der Waals surface area contributed by atoms with Crippen molar-refractivity contribution in [2.75, 3.05) is 34.3 Å². The van der Waals surface area contributed by atoms with Crippen molar-refractivity contribution in [1.29, 1.82) is 0 Å². The van der Waals surface area contributed by atoms with Crippen LogP contribution in [-0.4, -0.2) is 66.0 Å². The Morgan fingerprint density at radius 1 is 1.18 bits per heavy atom. The van der Waals surface area contributed by atoms with Crippen molar-refractivity contribution in [2.24, 2.45) is 0 Å². The van der Waals surface area contributed by atoms with Crippen molar-refractivity contribution in [1.82, 2.24) is 9.80 Å². The van der Waals surface area contributed by atoms with Crippen LogP contribution in [0.25, 0.3) is 5.76 Å². The molecule has 0 bridgehead atoms. The number of methoxy groups -OCH3 is 1. The molecule has 1 aliphatic heterocycles. The number of hydrogen-bond acceptors (Lipinski definition) is 6. The fourth-order valence-corrected chi connectivity index (χ4v) is 4.52. The smallest absolute Gasteiger partial charge is 0.295 e. The zero-order valence-electron chi connectivity index (χ0n) is 19.5. The van der Waals surface area contributed by atoms with Gasteiger partial charge in [-0.2, -0.15) is 0 Å². The number of aryl methyl sites for hydroxylation is 2. The second-order valence-corrected chi connectivity index (χ2v) is 9.38. The van der Waals surface area contributed by atoms with Crippen LogP contribution in [-0.2, 0) is 9.59 Å². The van der Waals surface area contributed by atoms with Gasteiger partial charge in [-0.15, -0.1) is 0 Å². The summed E-state index contributed by atoms with van der Waals surface area (Å²) < 4.78 is 5.65. The number of phenols is 1. The molecule has 2 N–H and O–H groups in total. The van der Waals surface area contributed by atoms with Gasteiger partial charge in [0, 0.05) is 12.1 Å². The molecule has 0 spiro atoms. The van der Waals surface area contributed by atoms with Crippen LogP contribution >= 0.6 is 15.9 Å². The number of ketones is 1. The number of benzene rings is 2. The molecule has 1 unspecified atom stereocenters. The van der Waals surface area contributed by atoms with Gasteiger partial charge in [-0.05, 0) is 86.2 Å². The molecule has 176 valence electrons. The monoisotopic (exact) mass is 516 g/mol. The Morgan fingerprint density at radius 3 is 2.52 bits per heavy atom. The minimum Gasteiger partial charge on any atom is -0.507 e. The standard InChI is InChI=1S/C25H29BrN2O5/c1-14-7-8-15(2)17(11-14)22(29)20-21(16-12-18(26)23(30)19(13-16)33-5)28(25(32)24(20)31)10-6-9-27(3)4/h7-8,11-13,21,29-30H,6,9-10H2,1-5H3/b22-20+. The van der Waals surface area contributed by atoms with Crippen LogP contribution in [0.15, 0.2) is 40.4 Å². The van der Waals surface area contributed by atoms with Crippen LogP contribution < -0.4 is 4.74 Å². The van der Waals surface area contributed by atoms with Crippen molar-refractivity contribution in [3.8, 4) is 11.5 Å². The van der Waals surface area contributed by atoms with E-state index in [1.807, 2.05) is 45.0 Å². The number of amides is 1. The molecule has 1 amide bonds. The molecule has 2 aromatic carbocycles. The summed E-state index contributed by atoms with van der Waals surface area (Å²) in [7, 11) is 5.30. The summed E-state index contributed by atoms with van der Waals surface area (Å²) >= 11 is 3.33. The number of halogens is 1. The number of aliphatic hydroxyl groups is 1. The number of carbonyl (C=O) groups excluding carboxylic acids is 2. The molecular formula is C25H29BrN2O5. The molecule has 1 aliphatic rings. The van der Waals surface area contributed by atoms with Crippen LogP contribution in [0.5, 0.6) is 11.5 Å². The van der Waals surface area contributed by atoms with Gasteiger partial charge < -0.3 is 24.7 Å². The van der Waals surface area contributed by atoms with E-state index in [0.29, 0.717) is 28.6 Å². The van der Waals surface area contributed by atoms with Gasteiger partial charge in [0.1, 0.15) is 5.76 Å². The van der Waals surface area contributed by atoms with Crippen LogP contribution in [0.2, 0.25) is 0 Å². The molecule has 0 saturated carbocycles. The third kappa shape index (κ3) is 4.91. The first-order valence-corrected chi connectivity index (χ1v) is 11.4. The zero-order valence-corrected chi connectivity index (χ0v) is 21.1. The van der Waals surface area contributed by atoms with E-state index in [-0.39, 0.29) is 22.8 Å². The van der Waals surface area contributed by atoms with Crippen LogP contribution in [0, 0.1) is 13.8 Å². The third-order valence-corrected chi connectivity index (χ3v) is 6.38. The van der Waals surface area contributed by atoms with Crippen molar-refractivity contribution in [2.45, 2.75) is 26.3 Å². The Morgan fingerprint density at radius 2 is 1.88 bits per heavy atom. The SMILES string of the molecule is COc1cc(C2/C(=C(\O)c3cc(C)ccc3C)C(=O)C(=O)N2CCCN(C)C)cc(Br)c1O. The Kier molecular flexibility index (Phi) is 7.49. The Balaban J connectivity index is 2.22. The average molecular weight is 517 g/mol. The molecule has 33 heavy (non-hydrogen) atoms. The minimum atomic E-state index is -0.821. The Hall–Kier alpha value is -2.84. The van der Waals surface area contributed by atoms with E-state index in [1.54, 1.807) is 18.2 Å². The second kappa shape index (κ2) is 9.97.